The SMILES string of the molecule is C=CCN(C=NC)CC. The van der Waals surface area contributed by atoms with Crippen LogP contribution in [0.2, 0.25) is 0 Å². The van der Waals surface area contributed by atoms with E-state index in [1.165, 1.54) is 0 Å². The van der Waals surface area contributed by atoms with Crippen molar-refractivity contribution in [2.24, 2.45) is 4.99 Å². The molecule has 0 aliphatic carbocycles. The van der Waals surface area contributed by atoms with Crippen molar-refractivity contribution >= 4 is 6.34 Å². The maximum Gasteiger partial charge on any atom is 0.0849 e. The van der Waals surface area contributed by atoms with E-state index in [1.54, 1.807) is 7.05 Å². The quantitative estimate of drug-likeness (QED) is 0.313. The van der Waals surface area contributed by atoms with Crippen molar-refractivity contribution in [3.05, 3.63) is 12.7 Å². The summed E-state index contributed by atoms with van der Waals surface area (Å²) in [5, 5.41) is 0. The van der Waals surface area contributed by atoms with Crippen LogP contribution in [-0.2, 0) is 0 Å². The van der Waals surface area contributed by atoms with Gasteiger partial charge in [-0.2, -0.15) is 0 Å². The molecule has 0 amide bonds. The molecule has 9 heavy (non-hydrogen) atoms. The molecule has 2 heteroatoms. The third-order valence-corrected chi connectivity index (χ3v) is 1.05. The molecule has 0 aliphatic rings. The summed E-state index contributed by atoms with van der Waals surface area (Å²) in [6, 6.07) is 0. The van der Waals surface area contributed by atoms with Crippen LogP contribution >= 0.6 is 0 Å². The van der Waals surface area contributed by atoms with E-state index in [4.69, 9.17) is 0 Å². The first-order valence-corrected chi connectivity index (χ1v) is 3.12. The Bertz CT molecular complexity index is 97.1. The lowest BCUT2D eigenvalue weighted by Gasteiger charge is -2.12. The molecule has 0 aromatic heterocycles. The van der Waals surface area contributed by atoms with Gasteiger partial charge in [0.25, 0.3) is 0 Å². The lowest BCUT2D eigenvalue weighted by molar-refractivity contribution is 0.503. The molecule has 52 valence electrons. The van der Waals surface area contributed by atoms with Gasteiger partial charge in [-0.25, -0.2) is 0 Å². The van der Waals surface area contributed by atoms with Crippen LogP contribution in [0.25, 0.3) is 0 Å². The molecule has 0 aliphatic heterocycles. The smallest absolute Gasteiger partial charge is 0.0849 e. The minimum Gasteiger partial charge on any atom is -0.360 e. The molecule has 0 N–H and O–H groups in total. The van der Waals surface area contributed by atoms with Crippen molar-refractivity contribution in [3.8, 4) is 0 Å². The first-order chi connectivity index (χ1) is 4.35. The molecule has 0 saturated carbocycles. The van der Waals surface area contributed by atoms with Gasteiger partial charge < -0.3 is 4.90 Å². The van der Waals surface area contributed by atoms with Crippen LogP contribution < -0.4 is 0 Å². The van der Waals surface area contributed by atoms with Crippen molar-refractivity contribution in [2.75, 3.05) is 20.1 Å². The fourth-order valence-corrected chi connectivity index (χ4v) is 0.587. The first-order valence-electron chi connectivity index (χ1n) is 3.12. The van der Waals surface area contributed by atoms with Crippen molar-refractivity contribution < 1.29 is 0 Å². The summed E-state index contributed by atoms with van der Waals surface area (Å²) in [6.07, 6.45) is 3.69. The molecule has 0 bridgehead atoms. The maximum absolute atomic E-state index is 3.88. The Kier molecular flexibility index (Phi) is 4.88. The molecule has 0 fully saturated rings. The normalized spacial score (nSPS) is 10.0. The van der Waals surface area contributed by atoms with Gasteiger partial charge in [0.15, 0.2) is 0 Å². The summed E-state index contributed by atoms with van der Waals surface area (Å²) in [4.78, 5) is 5.96. The third-order valence-electron chi connectivity index (χ3n) is 1.05. The van der Waals surface area contributed by atoms with Crippen LogP contribution in [-0.4, -0.2) is 31.4 Å². The van der Waals surface area contributed by atoms with E-state index in [0.29, 0.717) is 0 Å². The minimum atomic E-state index is 0.883. The van der Waals surface area contributed by atoms with Gasteiger partial charge in [-0.1, -0.05) is 6.08 Å². The van der Waals surface area contributed by atoms with Crippen molar-refractivity contribution in [1.82, 2.24) is 4.90 Å². The highest BCUT2D eigenvalue weighted by atomic mass is 15.1. The molecule has 0 atom stereocenters. The molecule has 2 nitrogen and oxygen atoms in total. The molecule has 0 spiro atoms. The first kappa shape index (κ1) is 8.21. The summed E-state index contributed by atoms with van der Waals surface area (Å²) >= 11 is 0. The lowest BCUT2D eigenvalue weighted by Crippen LogP contribution is -2.20. The van der Waals surface area contributed by atoms with Crippen LogP contribution in [0, 0.1) is 0 Å². The fourth-order valence-electron chi connectivity index (χ4n) is 0.587. The molecule has 0 radical (unpaired) electrons. The van der Waals surface area contributed by atoms with Crippen LogP contribution in [0.1, 0.15) is 6.92 Å². The molecular formula is C7H14N2. The zero-order chi connectivity index (χ0) is 7.11. The molecule has 0 heterocycles. The number of likely N-dealkylation sites (N-methyl/N-ethyl adjacent to an activating group) is 1. The van der Waals surface area contributed by atoms with E-state index in [-0.39, 0.29) is 0 Å². The molecule has 0 unspecified atom stereocenters. The Labute approximate surface area is 56.9 Å². The average molecular weight is 126 g/mol. The van der Waals surface area contributed by atoms with Crippen molar-refractivity contribution in [3.63, 3.8) is 0 Å². The Balaban J connectivity index is 3.53. The van der Waals surface area contributed by atoms with Gasteiger partial charge in [0, 0.05) is 20.1 Å². The number of aliphatic imine (C=N–C) groups is 1. The largest absolute Gasteiger partial charge is 0.360 e. The summed E-state index contributed by atoms with van der Waals surface area (Å²) in [6.45, 7) is 7.59. The van der Waals surface area contributed by atoms with E-state index in [9.17, 15) is 0 Å². The van der Waals surface area contributed by atoms with Gasteiger partial charge in [-0.15, -0.1) is 6.58 Å². The monoisotopic (exact) mass is 126 g/mol. The second kappa shape index (κ2) is 5.35. The molecule has 0 rings (SSSR count). The number of hydrogen-bond acceptors (Lipinski definition) is 1. The number of rotatable bonds is 4. The van der Waals surface area contributed by atoms with Gasteiger partial charge in [-0.05, 0) is 6.92 Å². The number of nitrogens with zero attached hydrogens (tertiary/aromatic N) is 2. The van der Waals surface area contributed by atoms with Crippen LogP contribution in [0.3, 0.4) is 0 Å². The van der Waals surface area contributed by atoms with E-state index < -0.39 is 0 Å². The summed E-state index contributed by atoms with van der Waals surface area (Å²) in [7, 11) is 1.77. The van der Waals surface area contributed by atoms with E-state index >= 15 is 0 Å². The van der Waals surface area contributed by atoms with E-state index in [1.807, 2.05) is 12.4 Å². The molecule has 0 saturated heterocycles. The molecule has 0 aromatic rings. The van der Waals surface area contributed by atoms with Crippen LogP contribution in [0.15, 0.2) is 17.6 Å². The Morgan fingerprint density at radius 1 is 1.67 bits per heavy atom. The zero-order valence-electron chi connectivity index (χ0n) is 6.17. The van der Waals surface area contributed by atoms with E-state index in [2.05, 4.69) is 23.4 Å². The van der Waals surface area contributed by atoms with Gasteiger partial charge >= 0.3 is 0 Å². The average Bonchev–Trinajstić information content (AvgIpc) is 1.88. The van der Waals surface area contributed by atoms with Crippen molar-refractivity contribution in [2.45, 2.75) is 6.92 Å². The second-order valence-corrected chi connectivity index (χ2v) is 1.75. The summed E-state index contributed by atoms with van der Waals surface area (Å²) in [5.41, 5.74) is 0. The van der Waals surface area contributed by atoms with Gasteiger partial charge in [0.2, 0.25) is 0 Å². The highest BCUT2D eigenvalue weighted by Gasteiger charge is 1.88. The maximum atomic E-state index is 3.88. The zero-order valence-corrected chi connectivity index (χ0v) is 6.17. The predicted octanol–water partition coefficient (Wildman–Crippen LogP) is 1.15. The highest BCUT2D eigenvalue weighted by Crippen LogP contribution is 1.81. The minimum absolute atomic E-state index is 0.883. The summed E-state index contributed by atoms with van der Waals surface area (Å²) < 4.78 is 0. The van der Waals surface area contributed by atoms with Gasteiger partial charge in [-0.3, -0.25) is 4.99 Å². The summed E-state index contributed by atoms with van der Waals surface area (Å²) in [5.74, 6) is 0. The Morgan fingerprint density at radius 2 is 2.33 bits per heavy atom. The van der Waals surface area contributed by atoms with Crippen molar-refractivity contribution in [1.29, 1.82) is 0 Å². The standard InChI is InChI=1S/C7H14N2/c1-4-6-9(5-2)7-8-3/h4,7H,1,5-6H2,2-3H3. The molecule has 0 aromatic carbocycles. The van der Waals surface area contributed by atoms with Gasteiger partial charge in [0.05, 0.1) is 6.34 Å². The number of hydrogen-bond donors (Lipinski definition) is 0. The second-order valence-electron chi connectivity index (χ2n) is 1.75. The van der Waals surface area contributed by atoms with E-state index in [0.717, 1.165) is 13.1 Å². The Morgan fingerprint density at radius 3 is 2.67 bits per heavy atom. The topological polar surface area (TPSA) is 15.6 Å². The fraction of sp³-hybridized carbons (Fsp3) is 0.571. The van der Waals surface area contributed by atoms with Gasteiger partial charge in [0.1, 0.15) is 0 Å². The predicted molar refractivity (Wildman–Crippen MR) is 41.9 cm³/mol. The van der Waals surface area contributed by atoms with Crippen LogP contribution in [0.5, 0.6) is 0 Å². The van der Waals surface area contributed by atoms with Crippen LogP contribution in [0.4, 0.5) is 0 Å². The highest BCUT2D eigenvalue weighted by molar-refractivity contribution is 5.54. The third kappa shape index (κ3) is 3.76. The Hall–Kier alpha value is -0.790. The molecular weight excluding hydrogens is 112 g/mol. The lowest BCUT2D eigenvalue weighted by atomic mass is 10.5.